The van der Waals surface area contributed by atoms with Crippen LogP contribution in [-0.2, 0) is 0 Å². The lowest BCUT2D eigenvalue weighted by Gasteiger charge is -2.37. The van der Waals surface area contributed by atoms with Gasteiger partial charge in [-0.05, 0) is 33.0 Å². The second-order valence-electron chi connectivity index (χ2n) is 6.40. The first-order chi connectivity index (χ1) is 10.0. The fourth-order valence-corrected chi connectivity index (χ4v) is 2.96. The van der Waals surface area contributed by atoms with E-state index >= 15 is 0 Å². The first-order valence-electron chi connectivity index (χ1n) is 7.69. The van der Waals surface area contributed by atoms with Crippen molar-refractivity contribution in [2.75, 3.05) is 46.0 Å². The van der Waals surface area contributed by atoms with Gasteiger partial charge in [-0.25, -0.2) is 0 Å². The summed E-state index contributed by atoms with van der Waals surface area (Å²) in [6.07, 6.45) is 4.17. The van der Waals surface area contributed by atoms with Crippen molar-refractivity contribution in [2.24, 2.45) is 0 Å². The van der Waals surface area contributed by atoms with Gasteiger partial charge < -0.3 is 20.5 Å². The zero-order valence-corrected chi connectivity index (χ0v) is 12.9. The van der Waals surface area contributed by atoms with Crippen LogP contribution in [0.4, 0.5) is 5.69 Å². The largest absolute Gasteiger partial charge is 0.397 e. The molecule has 116 valence electrons. The van der Waals surface area contributed by atoms with Crippen molar-refractivity contribution in [3.63, 3.8) is 0 Å². The summed E-state index contributed by atoms with van der Waals surface area (Å²) in [5.74, 6) is -0.0137. The van der Waals surface area contributed by atoms with Gasteiger partial charge in [0.2, 0.25) is 0 Å². The molecule has 0 aromatic carbocycles. The lowest BCUT2D eigenvalue weighted by Crippen LogP contribution is -2.54. The predicted octanol–water partition coefficient (Wildman–Crippen LogP) is 0.381. The molecular formula is C15H25N5O. The number of hydrogen-bond acceptors (Lipinski definition) is 4. The summed E-state index contributed by atoms with van der Waals surface area (Å²) < 4.78 is 2.03. The zero-order chi connectivity index (χ0) is 15.0. The van der Waals surface area contributed by atoms with Crippen molar-refractivity contribution in [1.82, 2.24) is 19.7 Å². The number of likely N-dealkylation sites (N-methyl/N-ethyl adjacent to an activating group) is 2. The number of nitrogens with two attached hydrogens (primary N) is 1. The number of anilines is 1. The standard InChI is InChI=1S/C15H25N5O/c1-18-5-6-19(2)13(10-18)8-17-15(21)14-7-11(16)9-20(14)12-3-4-12/h7,9,12-13H,3-6,8,10,16H2,1-2H3,(H,17,21). The quantitative estimate of drug-likeness (QED) is 0.842. The van der Waals surface area contributed by atoms with E-state index in [1.807, 2.05) is 10.8 Å². The van der Waals surface area contributed by atoms with Crippen LogP contribution in [0.1, 0.15) is 29.4 Å². The minimum atomic E-state index is -0.0137. The van der Waals surface area contributed by atoms with Gasteiger partial charge >= 0.3 is 0 Å². The fourth-order valence-electron chi connectivity index (χ4n) is 2.96. The lowest BCUT2D eigenvalue weighted by molar-refractivity contribution is 0.0873. The number of nitrogens with one attached hydrogen (secondary N) is 1. The summed E-state index contributed by atoms with van der Waals surface area (Å²) in [5.41, 5.74) is 7.21. The van der Waals surface area contributed by atoms with E-state index in [0.29, 0.717) is 30.0 Å². The Labute approximate surface area is 125 Å². The Morgan fingerprint density at radius 3 is 2.86 bits per heavy atom. The molecule has 1 atom stereocenters. The van der Waals surface area contributed by atoms with Crippen LogP contribution in [0.5, 0.6) is 0 Å². The van der Waals surface area contributed by atoms with Crippen LogP contribution in [0, 0.1) is 0 Å². The van der Waals surface area contributed by atoms with Crippen LogP contribution >= 0.6 is 0 Å². The first kappa shape index (κ1) is 14.4. The molecule has 1 saturated carbocycles. The molecule has 1 aliphatic carbocycles. The Bertz CT molecular complexity index is 522. The summed E-state index contributed by atoms with van der Waals surface area (Å²) in [7, 11) is 4.25. The molecular weight excluding hydrogens is 266 g/mol. The number of rotatable bonds is 4. The lowest BCUT2D eigenvalue weighted by atomic mass is 10.2. The zero-order valence-electron chi connectivity index (χ0n) is 12.9. The molecule has 1 aliphatic heterocycles. The Morgan fingerprint density at radius 2 is 2.14 bits per heavy atom. The van der Waals surface area contributed by atoms with Gasteiger partial charge in [0.25, 0.3) is 5.91 Å². The third-order valence-corrected chi connectivity index (χ3v) is 4.52. The maximum Gasteiger partial charge on any atom is 0.268 e. The maximum absolute atomic E-state index is 12.4. The van der Waals surface area contributed by atoms with Crippen molar-refractivity contribution in [3.8, 4) is 0 Å². The van der Waals surface area contributed by atoms with Crippen LogP contribution in [-0.4, -0.2) is 66.6 Å². The monoisotopic (exact) mass is 291 g/mol. The molecule has 1 unspecified atom stereocenters. The third-order valence-electron chi connectivity index (χ3n) is 4.52. The molecule has 2 heterocycles. The normalized spacial score (nSPS) is 24.2. The molecule has 6 heteroatoms. The third kappa shape index (κ3) is 3.22. The SMILES string of the molecule is CN1CCN(C)C(CNC(=O)c2cc(N)cn2C2CC2)C1. The van der Waals surface area contributed by atoms with Gasteiger partial charge in [-0.1, -0.05) is 0 Å². The van der Waals surface area contributed by atoms with E-state index in [0.717, 1.165) is 32.5 Å². The molecule has 1 aromatic heterocycles. The minimum Gasteiger partial charge on any atom is -0.397 e. The minimum absolute atomic E-state index is 0.0137. The van der Waals surface area contributed by atoms with Crippen molar-refractivity contribution >= 4 is 11.6 Å². The van der Waals surface area contributed by atoms with Gasteiger partial charge in [0.05, 0.1) is 5.69 Å². The van der Waals surface area contributed by atoms with Crippen LogP contribution < -0.4 is 11.1 Å². The second-order valence-corrected chi connectivity index (χ2v) is 6.40. The molecule has 1 amide bonds. The summed E-state index contributed by atoms with van der Waals surface area (Å²) in [6.45, 7) is 3.79. The van der Waals surface area contributed by atoms with E-state index in [1.54, 1.807) is 6.07 Å². The van der Waals surface area contributed by atoms with Crippen molar-refractivity contribution < 1.29 is 4.79 Å². The number of nitrogens with zero attached hydrogens (tertiary/aromatic N) is 3. The number of amides is 1. The summed E-state index contributed by atoms with van der Waals surface area (Å²) in [6, 6.07) is 2.62. The average Bonchev–Trinajstić information content (AvgIpc) is 3.22. The number of carbonyl (C=O) groups is 1. The highest BCUT2D eigenvalue weighted by atomic mass is 16.1. The molecule has 1 aromatic rings. The summed E-state index contributed by atoms with van der Waals surface area (Å²) >= 11 is 0. The van der Waals surface area contributed by atoms with E-state index < -0.39 is 0 Å². The summed E-state index contributed by atoms with van der Waals surface area (Å²) in [4.78, 5) is 17.0. The Hall–Kier alpha value is -1.53. The fraction of sp³-hybridized carbons (Fsp3) is 0.667. The molecule has 1 saturated heterocycles. The topological polar surface area (TPSA) is 66.5 Å². The van der Waals surface area contributed by atoms with E-state index in [9.17, 15) is 4.79 Å². The highest BCUT2D eigenvalue weighted by Gasteiger charge is 2.28. The van der Waals surface area contributed by atoms with Crippen molar-refractivity contribution in [2.45, 2.75) is 24.9 Å². The van der Waals surface area contributed by atoms with E-state index in [1.165, 1.54) is 0 Å². The Morgan fingerprint density at radius 1 is 1.38 bits per heavy atom. The van der Waals surface area contributed by atoms with Gasteiger partial charge in [-0.3, -0.25) is 9.69 Å². The van der Waals surface area contributed by atoms with Gasteiger partial charge in [-0.2, -0.15) is 0 Å². The maximum atomic E-state index is 12.4. The molecule has 3 rings (SSSR count). The average molecular weight is 291 g/mol. The number of aromatic nitrogens is 1. The number of carbonyl (C=O) groups excluding carboxylic acids is 1. The summed E-state index contributed by atoms with van der Waals surface area (Å²) in [5, 5.41) is 3.07. The predicted molar refractivity (Wildman–Crippen MR) is 83.4 cm³/mol. The van der Waals surface area contributed by atoms with E-state index in [4.69, 9.17) is 5.73 Å². The van der Waals surface area contributed by atoms with E-state index in [2.05, 4.69) is 29.2 Å². The molecule has 2 aliphatic rings. The Kier molecular flexibility index (Phi) is 3.91. The van der Waals surface area contributed by atoms with Crippen molar-refractivity contribution in [1.29, 1.82) is 0 Å². The molecule has 0 bridgehead atoms. The van der Waals surface area contributed by atoms with Crippen LogP contribution in [0.3, 0.4) is 0 Å². The second kappa shape index (κ2) is 5.69. The number of hydrogen-bond donors (Lipinski definition) is 2. The first-order valence-corrected chi connectivity index (χ1v) is 7.69. The Balaban J connectivity index is 1.61. The van der Waals surface area contributed by atoms with Gasteiger partial charge in [0.15, 0.2) is 0 Å². The van der Waals surface area contributed by atoms with Crippen LogP contribution in [0.25, 0.3) is 0 Å². The number of nitrogen functional groups attached to an aromatic ring is 1. The van der Waals surface area contributed by atoms with Crippen LogP contribution in [0.15, 0.2) is 12.3 Å². The molecule has 2 fully saturated rings. The van der Waals surface area contributed by atoms with Gasteiger partial charge in [-0.15, -0.1) is 0 Å². The smallest absolute Gasteiger partial charge is 0.268 e. The molecule has 21 heavy (non-hydrogen) atoms. The van der Waals surface area contributed by atoms with Gasteiger partial charge in [0.1, 0.15) is 5.69 Å². The van der Waals surface area contributed by atoms with Gasteiger partial charge in [0, 0.05) is 44.5 Å². The molecule has 6 nitrogen and oxygen atoms in total. The molecule has 0 spiro atoms. The van der Waals surface area contributed by atoms with E-state index in [-0.39, 0.29) is 5.91 Å². The number of piperazine rings is 1. The molecule has 0 radical (unpaired) electrons. The highest BCUT2D eigenvalue weighted by Crippen LogP contribution is 2.37. The molecule has 3 N–H and O–H groups in total. The van der Waals surface area contributed by atoms with Crippen LogP contribution in [0.2, 0.25) is 0 Å². The van der Waals surface area contributed by atoms with Crippen molar-refractivity contribution in [3.05, 3.63) is 18.0 Å². The highest BCUT2D eigenvalue weighted by molar-refractivity contribution is 5.93.